The first kappa shape index (κ1) is 16.9. The minimum atomic E-state index is -0.621. The maximum absolute atomic E-state index is 13.2. The number of hydrogen-bond acceptors (Lipinski definition) is 4. The number of carbonyl (C=O) groups excluding carboxylic acids is 2. The Morgan fingerprint density at radius 2 is 1.39 bits per heavy atom. The van der Waals surface area contributed by atoms with Crippen molar-refractivity contribution in [3.8, 4) is 0 Å². The molecule has 0 saturated heterocycles. The van der Waals surface area contributed by atoms with Gasteiger partial charge in [-0.2, -0.15) is 0 Å². The highest BCUT2D eigenvalue weighted by molar-refractivity contribution is 6.00. The zero-order valence-corrected chi connectivity index (χ0v) is 13.6. The number of carbonyl (C=O) groups is 2. The molecule has 0 heterocycles. The Hall–Kier alpha value is -2.43. The van der Waals surface area contributed by atoms with Crippen LogP contribution in [-0.4, -0.2) is 26.2 Å². The third-order valence-corrected chi connectivity index (χ3v) is 4.04. The quantitative estimate of drug-likeness (QED) is 0.803. The minimum Gasteiger partial charge on any atom is -0.466 e. The largest absolute Gasteiger partial charge is 0.466 e. The van der Waals surface area contributed by atoms with Gasteiger partial charge in [0, 0.05) is 17.1 Å². The van der Waals surface area contributed by atoms with Gasteiger partial charge in [-0.15, -0.1) is 0 Å². The van der Waals surface area contributed by atoms with E-state index in [1.807, 2.05) is 13.8 Å². The van der Waals surface area contributed by atoms with Crippen LogP contribution in [0.4, 0.5) is 4.39 Å². The predicted octanol–water partition coefficient (Wildman–Crippen LogP) is 3.29. The first-order valence-electron chi connectivity index (χ1n) is 7.22. The molecule has 0 aromatic heterocycles. The van der Waals surface area contributed by atoms with Crippen LogP contribution in [0.25, 0.3) is 0 Å². The van der Waals surface area contributed by atoms with E-state index in [1.54, 1.807) is 12.1 Å². The van der Waals surface area contributed by atoms with Gasteiger partial charge in [-0.3, -0.25) is 0 Å². The molecule has 0 atom stereocenters. The Kier molecular flexibility index (Phi) is 4.98. The average Bonchev–Trinajstić information content (AvgIpc) is 2.53. The van der Waals surface area contributed by atoms with Crippen molar-refractivity contribution < 1.29 is 23.5 Å². The van der Waals surface area contributed by atoms with Crippen molar-refractivity contribution in [3.05, 3.63) is 57.9 Å². The van der Waals surface area contributed by atoms with Crippen molar-refractivity contribution in [2.45, 2.75) is 26.2 Å². The van der Waals surface area contributed by atoms with Crippen LogP contribution in [0.5, 0.6) is 0 Å². The summed E-state index contributed by atoms with van der Waals surface area (Å²) < 4.78 is 23.0. The summed E-state index contributed by atoms with van der Waals surface area (Å²) >= 11 is 0. The lowest BCUT2D eigenvalue weighted by Crippen LogP contribution is -2.25. The first-order chi connectivity index (χ1) is 10.9. The average molecular weight is 318 g/mol. The topological polar surface area (TPSA) is 52.6 Å². The van der Waals surface area contributed by atoms with Crippen molar-refractivity contribution in [2.24, 2.45) is 0 Å². The van der Waals surface area contributed by atoms with Crippen LogP contribution in [-0.2, 0) is 19.1 Å². The number of methoxy groups -OCH3 is 2. The molecule has 0 amide bonds. The lowest BCUT2D eigenvalue weighted by molar-refractivity contribution is -0.137. The maximum atomic E-state index is 13.2. The van der Waals surface area contributed by atoms with Gasteiger partial charge in [0.15, 0.2) is 0 Å². The number of esters is 2. The fraction of sp³-hybridized carbons (Fsp3) is 0.333. The first-order valence-corrected chi connectivity index (χ1v) is 7.22. The summed E-state index contributed by atoms with van der Waals surface area (Å²) in [6, 6.07) is 5.74. The molecular weight excluding hydrogens is 299 g/mol. The van der Waals surface area contributed by atoms with Gasteiger partial charge in [-0.05, 0) is 38.0 Å². The summed E-state index contributed by atoms with van der Waals surface area (Å²) in [5, 5.41) is 0. The van der Waals surface area contributed by atoms with Gasteiger partial charge in [0.25, 0.3) is 0 Å². The zero-order valence-electron chi connectivity index (χ0n) is 13.6. The van der Waals surface area contributed by atoms with Gasteiger partial charge in [0.1, 0.15) is 5.82 Å². The van der Waals surface area contributed by atoms with Crippen LogP contribution in [0.3, 0.4) is 0 Å². The summed E-state index contributed by atoms with van der Waals surface area (Å²) in [5.41, 5.74) is 3.12. The third-order valence-electron chi connectivity index (χ3n) is 4.04. The molecule has 122 valence electrons. The van der Waals surface area contributed by atoms with Crippen LogP contribution in [0.1, 0.15) is 31.7 Å². The second kappa shape index (κ2) is 6.77. The Labute approximate surface area is 134 Å². The van der Waals surface area contributed by atoms with E-state index in [9.17, 15) is 14.0 Å². The molecule has 0 unspecified atom stereocenters. The van der Waals surface area contributed by atoms with Crippen LogP contribution < -0.4 is 0 Å². The summed E-state index contributed by atoms with van der Waals surface area (Å²) in [6.07, 6.45) is 0.493. The highest BCUT2D eigenvalue weighted by Gasteiger charge is 2.37. The molecule has 0 fully saturated rings. The van der Waals surface area contributed by atoms with E-state index in [2.05, 4.69) is 0 Å². The van der Waals surface area contributed by atoms with Crippen molar-refractivity contribution >= 4 is 11.9 Å². The number of allylic oxidation sites excluding steroid dienone is 2. The van der Waals surface area contributed by atoms with E-state index in [4.69, 9.17) is 9.47 Å². The molecular formula is C18H19FO4. The number of halogens is 1. The molecule has 1 aromatic rings. The number of benzene rings is 1. The minimum absolute atomic E-state index is 0.384. The molecule has 1 aliphatic rings. The SMILES string of the molecule is COC(=O)C1=C(C)CC(C)=C(C(=O)OC)C1c1ccc(F)cc1. The van der Waals surface area contributed by atoms with Gasteiger partial charge in [0.05, 0.1) is 14.2 Å². The van der Waals surface area contributed by atoms with Crippen molar-refractivity contribution in [3.63, 3.8) is 0 Å². The second-order valence-corrected chi connectivity index (χ2v) is 5.53. The summed E-state index contributed by atoms with van der Waals surface area (Å²) in [4.78, 5) is 24.5. The van der Waals surface area contributed by atoms with Gasteiger partial charge >= 0.3 is 11.9 Å². The molecule has 5 heteroatoms. The molecule has 1 aromatic carbocycles. The van der Waals surface area contributed by atoms with Crippen molar-refractivity contribution in [2.75, 3.05) is 14.2 Å². The predicted molar refractivity (Wildman–Crippen MR) is 83.2 cm³/mol. The Bertz CT molecular complexity index is 660. The molecule has 0 aliphatic heterocycles. The maximum Gasteiger partial charge on any atom is 0.334 e. The highest BCUT2D eigenvalue weighted by Crippen LogP contribution is 2.42. The van der Waals surface area contributed by atoms with Gasteiger partial charge in [-0.25, -0.2) is 14.0 Å². The van der Waals surface area contributed by atoms with Crippen LogP contribution in [0.2, 0.25) is 0 Å². The van der Waals surface area contributed by atoms with E-state index >= 15 is 0 Å². The monoisotopic (exact) mass is 318 g/mol. The van der Waals surface area contributed by atoms with E-state index in [1.165, 1.54) is 26.4 Å². The molecule has 2 rings (SSSR count). The van der Waals surface area contributed by atoms with Crippen LogP contribution >= 0.6 is 0 Å². The van der Waals surface area contributed by atoms with Gasteiger partial charge < -0.3 is 9.47 Å². The van der Waals surface area contributed by atoms with Gasteiger partial charge in [0.2, 0.25) is 0 Å². The van der Waals surface area contributed by atoms with E-state index < -0.39 is 17.9 Å². The molecule has 4 nitrogen and oxygen atoms in total. The van der Waals surface area contributed by atoms with Gasteiger partial charge in [-0.1, -0.05) is 23.3 Å². The summed E-state index contributed by atoms with van der Waals surface area (Å²) in [6.45, 7) is 3.67. The van der Waals surface area contributed by atoms with Crippen molar-refractivity contribution in [1.82, 2.24) is 0 Å². The lowest BCUT2D eigenvalue weighted by atomic mass is 9.75. The van der Waals surface area contributed by atoms with Crippen LogP contribution in [0, 0.1) is 5.82 Å². The van der Waals surface area contributed by atoms with E-state index in [0.29, 0.717) is 23.1 Å². The molecule has 0 spiro atoms. The summed E-state index contributed by atoms with van der Waals surface area (Å²) in [5.74, 6) is -1.99. The standard InChI is InChI=1S/C18H19FO4/c1-10-9-11(2)15(18(21)23-4)16(14(10)17(20)22-3)12-5-7-13(19)8-6-12/h5-8,16H,9H2,1-4H3. The van der Waals surface area contributed by atoms with Crippen LogP contribution in [0.15, 0.2) is 46.6 Å². The number of rotatable bonds is 3. The van der Waals surface area contributed by atoms with E-state index in [-0.39, 0.29) is 5.82 Å². The third kappa shape index (κ3) is 3.18. The van der Waals surface area contributed by atoms with E-state index in [0.717, 1.165) is 11.1 Å². The lowest BCUT2D eigenvalue weighted by Gasteiger charge is -2.29. The fourth-order valence-corrected chi connectivity index (χ4v) is 3.02. The molecule has 0 N–H and O–H groups in total. The number of ether oxygens (including phenoxy) is 2. The molecule has 23 heavy (non-hydrogen) atoms. The molecule has 0 saturated carbocycles. The fourth-order valence-electron chi connectivity index (χ4n) is 3.02. The summed E-state index contributed by atoms with van der Waals surface area (Å²) in [7, 11) is 2.60. The number of hydrogen-bond donors (Lipinski definition) is 0. The second-order valence-electron chi connectivity index (χ2n) is 5.53. The molecule has 0 bridgehead atoms. The molecule has 0 radical (unpaired) electrons. The Morgan fingerprint density at radius 3 is 1.78 bits per heavy atom. The normalized spacial score (nSPS) is 15.7. The Morgan fingerprint density at radius 1 is 0.957 bits per heavy atom. The Balaban J connectivity index is 2.66. The highest BCUT2D eigenvalue weighted by atomic mass is 19.1. The van der Waals surface area contributed by atoms with Crippen molar-refractivity contribution in [1.29, 1.82) is 0 Å². The molecule has 1 aliphatic carbocycles. The zero-order chi connectivity index (χ0) is 17.1. The smallest absolute Gasteiger partial charge is 0.334 e.